The van der Waals surface area contributed by atoms with Gasteiger partial charge in [0.15, 0.2) is 0 Å². The molecule has 0 amide bonds. The van der Waals surface area contributed by atoms with E-state index in [9.17, 15) is 4.79 Å². The summed E-state index contributed by atoms with van der Waals surface area (Å²) in [6, 6.07) is 0. The Bertz CT molecular complexity index is 197. The van der Waals surface area contributed by atoms with Crippen LogP contribution >= 0.6 is 0 Å². The SMILES string of the molecule is CCC(CC(C)=O)=NC(C)N(C)C. The molecule has 0 fully saturated rings. The normalized spacial score (nSPS) is 14.8. The van der Waals surface area contributed by atoms with Gasteiger partial charge in [-0.25, -0.2) is 0 Å². The van der Waals surface area contributed by atoms with Crippen molar-refractivity contribution in [2.45, 2.75) is 39.8 Å². The van der Waals surface area contributed by atoms with Crippen molar-refractivity contribution < 1.29 is 4.79 Å². The molecule has 0 rings (SSSR count). The molecule has 0 aromatic heterocycles. The van der Waals surface area contributed by atoms with E-state index in [2.05, 4.69) is 4.99 Å². The monoisotopic (exact) mass is 184 g/mol. The van der Waals surface area contributed by atoms with E-state index in [4.69, 9.17) is 0 Å². The molecule has 0 radical (unpaired) electrons. The van der Waals surface area contributed by atoms with Crippen LogP contribution in [0.15, 0.2) is 4.99 Å². The van der Waals surface area contributed by atoms with Crippen LogP contribution in [0.4, 0.5) is 0 Å². The maximum atomic E-state index is 10.9. The van der Waals surface area contributed by atoms with E-state index in [0.717, 1.165) is 12.1 Å². The average molecular weight is 184 g/mol. The molecule has 0 saturated heterocycles. The molecule has 0 saturated carbocycles. The Kier molecular flexibility index (Phi) is 5.55. The molecule has 0 bridgehead atoms. The minimum atomic E-state index is 0.161. The number of ketones is 1. The van der Waals surface area contributed by atoms with Crippen molar-refractivity contribution in [3.05, 3.63) is 0 Å². The molecule has 0 spiro atoms. The average Bonchev–Trinajstić information content (AvgIpc) is 2.02. The Morgan fingerprint density at radius 3 is 2.31 bits per heavy atom. The third-order valence-electron chi connectivity index (χ3n) is 1.98. The summed E-state index contributed by atoms with van der Waals surface area (Å²) < 4.78 is 0. The predicted octanol–water partition coefficient (Wildman–Crippen LogP) is 1.72. The van der Waals surface area contributed by atoms with Crippen molar-refractivity contribution in [2.75, 3.05) is 14.1 Å². The second-order valence-corrected chi connectivity index (χ2v) is 3.52. The number of aliphatic imine (C=N–C) groups is 1. The van der Waals surface area contributed by atoms with Crippen LogP contribution in [0, 0.1) is 0 Å². The van der Waals surface area contributed by atoms with E-state index in [1.807, 2.05) is 32.8 Å². The third-order valence-corrected chi connectivity index (χ3v) is 1.98. The van der Waals surface area contributed by atoms with Gasteiger partial charge in [-0.15, -0.1) is 0 Å². The van der Waals surface area contributed by atoms with Crippen LogP contribution in [0.3, 0.4) is 0 Å². The number of Topliss-reactive ketones (excluding diaryl/α,β-unsaturated/α-hetero) is 1. The van der Waals surface area contributed by atoms with Gasteiger partial charge in [-0.1, -0.05) is 6.92 Å². The van der Waals surface area contributed by atoms with E-state index in [1.54, 1.807) is 6.92 Å². The Morgan fingerprint density at radius 1 is 1.46 bits per heavy atom. The Morgan fingerprint density at radius 2 is 2.00 bits per heavy atom. The number of hydrogen-bond acceptors (Lipinski definition) is 3. The summed E-state index contributed by atoms with van der Waals surface area (Å²) in [4.78, 5) is 17.3. The van der Waals surface area contributed by atoms with E-state index in [0.29, 0.717) is 6.42 Å². The highest BCUT2D eigenvalue weighted by Crippen LogP contribution is 2.00. The molecule has 0 aliphatic heterocycles. The molecule has 1 unspecified atom stereocenters. The van der Waals surface area contributed by atoms with Gasteiger partial charge in [-0.3, -0.25) is 14.7 Å². The van der Waals surface area contributed by atoms with Crippen LogP contribution in [0.5, 0.6) is 0 Å². The maximum Gasteiger partial charge on any atom is 0.135 e. The Balaban J connectivity index is 4.28. The lowest BCUT2D eigenvalue weighted by atomic mass is 10.1. The molecule has 3 nitrogen and oxygen atoms in total. The van der Waals surface area contributed by atoms with Gasteiger partial charge in [0.2, 0.25) is 0 Å². The van der Waals surface area contributed by atoms with Gasteiger partial charge in [0.25, 0.3) is 0 Å². The highest BCUT2D eigenvalue weighted by Gasteiger charge is 2.05. The minimum Gasteiger partial charge on any atom is -0.300 e. The van der Waals surface area contributed by atoms with Crippen molar-refractivity contribution in [2.24, 2.45) is 4.99 Å². The van der Waals surface area contributed by atoms with E-state index >= 15 is 0 Å². The van der Waals surface area contributed by atoms with Gasteiger partial charge in [-0.05, 0) is 34.4 Å². The van der Waals surface area contributed by atoms with Crippen LogP contribution in [0.2, 0.25) is 0 Å². The maximum absolute atomic E-state index is 10.9. The molecule has 0 aromatic rings. The summed E-state index contributed by atoms with van der Waals surface area (Å²) in [5, 5.41) is 0. The zero-order valence-electron chi connectivity index (χ0n) is 9.29. The number of nitrogens with zero attached hydrogens (tertiary/aromatic N) is 2. The fourth-order valence-corrected chi connectivity index (χ4v) is 0.929. The van der Waals surface area contributed by atoms with Gasteiger partial charge >= 0.3 is 0 Å². The van der Waals surface area contributed by atoms with Crippen molar-refractivity contribution in [3.8, 4) is 0 Å². The van der Waals surface area contributed by atoms with Crippen LogP contribution in [-0.2, 0) is 4.79 Å². The first-order chi connectivity index (χ1) is 5.97. The molecule has 76 valence electrons. The number of hydrogen-bond donors (Lipinski definition) is 0. The van der Waals surface area contributed by atoms with Crippen LogP contribution in [0.25, 0.3) is 0 Å². The summed E-state index contributed by atoms with van der Waals surface area (Å²) in [7, 11) is 3.96. The lowest BCUT2D eigenvalue weighted by Crippen LogP contribution is -2.24. The zero-order chi connectivity index (χ0) is 10.4. The molecule has 0 aliphatic rings. The van der Waals surface area contributed by atoms with Crippen molar-refractivity contribution in [1.82, 2.24) is 4.90 Å². The van der Waals surface area contributed by atoms with Crippen LogP contribution < -0.4 is 0 Å². The molecular formula is C10H20N2O. The van der Waals surface area contributed by atoms with Gasteiger partial charge in [0.05, 0.1) is 6.17 Å². The van der Waals surface area contributed by atoms with E-state index in [1.165, 1.54) is 0 Å². The number of rotatable bonds is 5. The molecule has 0 heterocycles. The second-order valence-electron chi connectivity index (χ2n) is 3.52. The third kappa shape index (κ3) is 5.53. The van der Waals surface area contributed by atoms with Crippen molar-refractivity contribution in [1.29, 1.82) is 0 Å². The first-order valence-corrected chi connectivity index (χ1v) is 4.68. The van der Waals surface area contributed by atoms with Crippen LogP contribution in [0.1, 0.15) is 33.6 Å². The molecule has 3 heteroatoms. The van der Waals surface area contributed by atoms with Gasteiger partial charge in [0, 0.05) is 12.1 Å². The molecular weight excluding hydrogens is 164 g/mol. The Labute approximate surface area is 80.8 Å². The van der Waals surface area contributed by atoms with E-state index < -0.39 is 0 Å². The quantitative estimate of drug-likeness (QED) is 0.609. The minimum absolute atomic E-state index is 0.161. The first-order valence-electron chi connectivity index (χ1n) is 4.68. The molecule has 1 atom stereocenters. The van der Waals surface area contributed by atoms with Crippen molar-refractivity contribution in [3.63, 3.8) is 0 Å². The second kappa shape index (κ2) is 5.86. The molecule has 13 heavy (non-hydrogen) atoms. The number of carbonyl (C=O) groups is 1. The van der Waals surface area contributed by atoms with Crippen molar-refractivity contribution >= 4 is 11.5 Å². The summed E-state index contributed by atoms with van der Waals surface area (Å²) in [5.74, 6) is 0.187. The van der Waals surface area contributed by atoms with Gasteiger partial charge in [0.1, 0.15) is 5.78 Å². The lowest BCUT2D eigenvalue weighted by molar-refractivity contribution is -0.115. The number of carbonyl (C=O) groups excluding carboxylic acids is 1. The highest BCUT2D eigenvalue weighted by atomic mass is 16.1. The molecule has 0 aromatic carbocycles. The highest BCUT2D eigenvalue weighted by molar-refractivity contribution is 6.00. The standard InChI is InChI=1S/C10H20N2O/c1-6-10(7-8(2)13)11-9(3)12(4)5/h9H,6-7H2,1-5H3. The van der Waals surface area contributed by atoms with Gasteiger partial charge < -0.3 is 0 Å². The van der Waals surface area contributed by atoms with Crippen LogP contribution in [-0.4, -0.2) is 36.7 Å². The summed E-state index contributed by atoms with van der Waals surface area (Å²) in [5.41, 5.74) is 0.994. The topological polar surface area (TPSA) is 32.7 Å². The summed E-state index contributed by atoms with van der Waals surface area (Å²) in [6.07, 6.45) is 1.51. The molecule has 0 N–H and O–H groups in total. The summed E-state index contributed by atoms with van der Waals surface area (Å²) in [6.45, 7) is 5.66. The fraction of sp³-hybridized carbons (Fsp3) is 0.800. The smallest absolute Gasteiger partial charge is 0.135 e. The lowest BCUT2D eigenvalue weighted by Gasteiger charge is -2.16. The summed E-state index contributed by atoms with van der Waals surface area (Å²) >= 11 is 0. The molecule has 0 aliphatic carbocycles. The fourth-order valence-electron chi connectivity index (χ4n) is 0.929. The Hall–Kier alpha value is -0.700. The van der Waals surface area contributed by atoms with Gasteiger partial charge in [-0.2, -0.15) is 0 Å². The zero-order valence-corrected chi connectivity index (χ0v) is 9.29. The predicted molar refractivity (Wildman–Crippen MR) is 56.2 cm³/mol. The largest absolute Gasteiger partial charge is 0.300 e. The first kappa shape index (κ1) is 12.3. The van der Waals surface area contributed by atoms with E-state index in [-0.39, 0.29) is 11.9 Å².